The minimum absolute atomic E-state index is 0.148. The van der Waals surface area contributed by atoms with Crippen LogP contribution in [0.15, 0.2) is 24.3 Å². The van der Waals surface area contributed by atoms with Crippen LogP contribution in [-0.4, -0.2) is 42.1 Å². The molecule has 1 aromatic rings. The molecule has 0 bridgehead atoms. The maximum Gasteiger partial charge on any atom is 0.237 e. The number of aromatic hydroxyl groups is 1. The molecule has 0 saturated carbocycles. The van der Waals surface area contributed by atoms with E-state index in [0.717, 1.165) is 5.56 Å². The number of benzene rings is 1. The number of amides is 1. The van der Waals surface area contributed by atoms with Crippen molar-refractivity contribution in [2.45, 2.75) is 38.2 Å². The van der Waals surface area contributed by atoms with Gasteiger partial charge in [-0.2, -0.15) is 0 Å². The molecule has 2 atom stereocenters. The van der Waals surface area contributed by atoms with Crippen LogP contribution in [0.1, 0.15) is 19.4 Å². The first-order chi connectivity index (χ1) is 9.85. The summed E-state index contributed by atoms with van der Waals surface area (Å²) < 4.78 is 11.0. The lowest BCUT2D eigenvalue weighted by molar-refractivity contribution is -0.139. The maximum absolute atomic E-state index is 12.0. The summed E-state index contributed by atoms with van der Waals surface area (Å²) in [7, 11) is 0. The Morgan fingerprint density at radius 1 is 1.48 bits per heavy atom. The van der Waals surface area contributed by atoms with Crippen molar-refractivity contribution in [3.63, 3.8) is 0 Å². The van der Waals surface area contributed by atoms with E-state index < -0.39 is 11.8 Å². The summed E-state index contributed by atoms with van der Waals surface area (Å²) in [6.07, 6.45) is 0.268. The Hall–Kier alpha value is -1.63. The summed E-state index contributed by atoms with van der Waals surface area (Å²) in [6, 6.07) is 6.01. The standard InChI is InChI=1S/C15H22N2O4/c1-15(2)20-9-12(21-15)8-17-14(19)13(16)7-10-3-5-11(18)6-4-10/h3-6,12-13,18H,7-9,16H2,1-2H3,(H,17,19). The van der Waals surface area contributed by atoms with E-state index in [1.807, 2.05) is 13.8 Å². The first-order valence-corrected chi connectivity index (χ1v) is 6.99. The van der Waals surface area contributed by atoms with Gasteiger partial charge in [-0.1, -0.05) is 12.1 Å². The molecule has 0 radical (unpaired) electrons. The van der Waals surface area contributed by atoms with Gasteiger partial charge in [-0.3, -0.25) is 4.79 Å². The minimum atomic E-state index is -0.634. The smallest absolute Gasteiger partial charge is 0.237 e. The summed E-state index contributed by atoms with van der Waals surface area (Å²) in [5.74, 6) is -0.627. The predicted molar refractivity (Wildman–Crippen MR) is 77.7 cm³/mol. The van der Waals surface area contributed by atoms with E-state index in [0.29, 0.717) is 19.6 Å². The second-order valence-electron chi connectivity index (χ2n) is 5.67. The van der Waals surface area contributed by atoms with E-state index in [9.17, 15) is 9.90 Å². The van der Waals surface area contributed by atoms with Crippen molar-refractivity contribution in [2.75, 3.05) is 13.2 Å². The first kappa shape index (κ1) is 15.8. The van der Waals surface area contributed by atoms with Crippen LogP contribution in [0.5, 0.6) is 5.75 Å². The van der Waals surface area contributed by atoms with Crippen LogP contribution in [0, 0.1) is 0 Å². The third-order valence-corrected chi connectivity index (χ3v) is 3.30. The molecular weight excluding hydrogens is 272 g/mol. The number of nitrogens with one attached hydrogen (secondary N) is 1. The molecule has 4 N–H and O–H groups in total. The van der Waals surface area contributed by atoms with Crippen molar-refractivity contribution in [2.24, 2.45) is 5.73 Å². The van der Waals surface area contributed by atoms with Crippen molar-refractivity contribution >= 4 is 5.91 Å². The van der Waals surface area contributed by atoms with E-state index in [-0.39, 0.29) is 17.8 Å². The number of hydrogen-bond acceptors (Lipinski definition) is 5. The van der Waals surface area contributed by atoms with Gasteiger partial charge in [-0.15, -0.1) is 0 Å². The summed E-state index contributed by atoms with van der Waals surface area (Å²) in [5, 5.41) is 12.0. The fourth-order valence-corrected chi connectivity index (χ4v) is 2.19. The highest BCUT2D eigenvalue weighted by atomic mass is 16.7. The van der Waals surface area contributed by atoms with Crippen LogP contribution in [0.4, 0.5) is 0 Å². The highest BCUT2D eigenvalue weighted by molar-refractivity contribution is 5.81. The van der Waals surface area contributed by atoms with E-state index in [2.05, 4.69) is 5.32 Å². The lowest BCUT2D eigenvalue weighted by Gasteiger charge is -2.18. The summed E-state index contributed by atoms with van der Waals surface area (Å²) in [5.41, 5.74) is 6.78. The zero-order valence-electron chi connectivity index (χ0n) is 12.3. The SMILES string of the molecule is CC1(C)OCC(CNC(=O)C(N)Cc2ccc(O)cc2)O1. The monoisotopic (exact) mass is 294 g/mol. The second-order valence-corrected chi connectivity index (χ2v) is 5.67. The Bertz CT molecular complexity index is 487. The lowest BCUT2D eigenvalue weighted by atomic mass is 10.1. The van der Waals surface area contributed by atoms with Crippen LogP contribution >= 0.6 is 0 Å². The van der Waals surface area contributed by atoms with Gasteiger partial charge < -0.3 is 25.6 Å². The average molecular weight is 294 g/mol. The Balaban J connectivity index is 1.76. The van der Waals surface area contributed by atoms with Gasteiger partial charge in [-0.05, 0) is 38.0 Å². The van der Waals surface area contributed by atoms with Gasteiger partial charge in [0, 0.05) is 6.54 Å². The zero-order chi connectivity index (χ0) is 15.5. The van der Waals surface area contributed by atoms with E-state index in [4.69, 9.17) is 15.2 Å². The molecule has 2 unspecified atom stereocenters. The fraction of sp³-hybridized carbons (Fsp3) is 0.533. The normalized spacial score (nSPS) is 22.0. The van der Waals surface area contributed by atoms with Gasteiger partial charge in [0.05, 0.1) is 12.6 Å². The van der Waals surface area contributed by atoms with Gasteiger partial charge in [0.2, 0.25) is 5.91 Å². The summed E-state index contributed by atoms with van der Waals surface area (Å²) >= 11 is 0. The number of phenols is 1. The number of phenolic OH excluding ortho intramolecular Hbond substituents is 1. The molecule has 0 spiro atoms. The van der Waals surface area contributed by atoms with Crippen LogP contribution in [0.25, 0.3) is 0 Å². The van der Waals surface area contributed by atoms with Gasteiger partial charge in [0.15, 0.2) is 5.79 Å². The molecule has 116 valence electrons. The largest absolute Gasteiger partial charge is 0.508 e. The number of carbonyl (C=O) groups excluding carboxylic acids is 1. The van der Waals surface area contributed by atoms with Crippen LogP contribution in [-0.2, 0) is 20.7 Å². The zero-order valence-corrected chi connectivity index (χ0v) is 12.3. The number of nitrogens with two attached hydrogens (primary N) is 1. The molecule has 1 saturated heterocycles. The van der Waals surface area contributed by atoms with E-state index >= 15 is 0 Å². The minimum Gasteiger partial charge on any atom is -0.508 e. The van der Waals surface area contributed by atoms with Crippen molar-refractivity contribution in [3.05, 3.63) is 29.8 Å². The Labute approximate surface area is 124 Å². The molecule has 1 aliphatic rings. The average Bonchev–Trinajstić information content (AvgIpc) is 2.78. The fourth-order valence-electron chi connectivity index (χ4n) is 2.19. The number of carbonyl (C=O) groups is 1. The maximum atomic E-state index is 12.0. The van der Waals surface area contributed by atoms with Crippen molar-refractivity contribution < 1.29 is 19.4 Å². The van der Waals surface area contributed by atoms with E-state index in [1.165, 1.54) is 0 Å². The molecule has 1 heterocycles. The third kappa shape index (κ3) is 4.70. The van der Waals surface area contributed by atoms with Crippen molar-refractivity contribution in [1.82, 2.24) is 5.32 Å². The molecule has 0 aromatic heterocycles. The first-order valence-electron chi connectivity index (χ1n) is 6.99. The molecule has 1 fully saturated rings. The summed E-state index contributed by atoms with van der Waals surface area (Å²) in [6.45, 7) is 4.52. The number of rotatable bonds is 5. The highest BCUT2D eigenvalue weighted by Gasteiger charge is 2.32. The van der Waals surface area contributed by atoms with Crippen LogP contribution in [0.2, 0.25) is 0 Å². The predicted octanol–water partition coefficient (Wildman–Crippen LogP) is 0.530. The van der Waals surface area contributed by atoms with Gasteiger partial charge in [0.25, 0.3) is 0 Å². The molecule has 1 aliphatic heterocycles. The quantitative estimate of drug-likeness (QED) is 0.736. The molecule has 2 rings (SSSR count). The highest BCUT2D eigenvalue weighted by Crippen LogP contribution is 2.21. The molecule has 21 heavy (non-hydrogen) atoms. The Morgan fingerprint density at radius 3 is 2.71 bits per heavy atom. The van der Waals surface area contributed by atoms with Gasteiger partial charge in [-0.25, -0.2) is 0 Å². The topological polar surface area (TPSA) is 93.8 Å². The molecular formula is C15H22N2O4. The number of ether oxygens (including phenoxy) is 2. The van der Waals surface area contributed by atoms with Crippen molar-refractivity contribution in [3.8, 4) is 5.75 Å². The molecule has 6 heteroatoms. The molecule has 1 aromatic carbocycles. The molecule has 1 amide bonds. The van der Waals surface area contributed by atoms with Crippen molar-refractivity contribution in [1.29, 1.82) is 0 Å². The second kappa shape index (κ2) is 6.43. The summed E-state index contributed by atoms with van der Waals surface area (Å²) in [4.78, 5) is 12.0. The molecule has 0 aliphatic carbocycles. The number of hydrogen-bond donors (Lipinski definition) is 3. The Morgan fingerprint density at radius 2 is 2.14 bits per heavy atom. The third-order valence-electron chi connectivity index (χ3n) is 3.30. The van der Waals surface area contributed by atoms with E-state index in [1.54, 1.807) is 24.3 Å². The van der Waals surface area contributed by atoms with Gasteiger partial charge >= 0.3 is 0 Å². The Kier molecular flexibility index (Phi) is 4.82. The van der Waals surface area contributed by atoms with Crippen LogP contribution < -0.4 is 11.1 Å². The van der Waals surface area contributed by atoms with Crippen LogP contribution in [0.3, 0.4) is 0 Å². The molecule has 6 nitrogen and oxygen atoms in total. The lowest BCUT2D eigenvalue weighted by Crippen LogP contribution is -2.45. The van der Waals surface area contributed by atoms with Gasteiger partial charge in [0.1, 0.15) is 11.9 Å².